The van der Waals surface area contributed by atoms with Gasteiger partial charge in [0, 0.05) is 6.42 Å². The molecule has 0 bridgehead atoms. The Morgan fingerprint density at radius 2 is 1.87 bits per heavy atom. The predicted molar refractivity (Wildman–Crippen MR) is 122 cm³/mol. The molecule has 0 unspecified atom stereocenters. The molecule has 4 rings (SSSR count). The van der Waals surface area contributed by atoms with Crippen molar-refractivity contribution in [3.8, 4) is 0 Å². The van der Waals surface area contributed by atoms with E-state index in [1.54, 1.807) is 0 Å². The molecular formula is C27H40O3. The van der Waals surface area contributed by atoms with Crippen molar-refractivity contribution in [2.24, 2.45) is 29.1 Å². The zero-order chi connectivity index (χ0) is 21.5. The minimum Gasteiger partial charge on any atom is -0.393 e. The molecule has 4 aliphatic rings. The fourth-order valence-electron chi connectivity index (χ4n) is 6.63. The lowest BCUT2D eigenvalue weighted by Gasteiger charge is -2.44. The van der Waals surface area contributed by atoms with E-state index in [2.05, 4.69) is 44.7 Å². The molecule has 30 heavy (non-hydrogen) atoms. The summed E-state index contributed by atoms with van der Waals surface area (Å²) < 4.78 is 0. The number of hydrogen-bond acceptors (Lipinski definition) is 3. The Labute approximate surface area is 182 Å². The third-order valence-electron chi connectivity index (χ3n) is 8.65. The molecular weight excluding hydrogens is 372 g/mol. The van der Waals surface area contributed by atoms with Crippen molar-refractivity contribution in [1.29, 1.82) is 0 Å². The first-order valence-corrected chi connectivity index (χ1v) is 12.1. The van der Waals surface area contributed by atoms with Crippen molar-refractivity contribution >= 4 is 0 Å². The van der Waals surface area contributed by atoms with Crippen molar-refractivity contribution in [2.45, 2.75) is 89.9 Å². The van der Waals surface area contributed by atoms with Gasteiger partial charge in [0.05, 0.1) is 18.3 Å². The highest BCUT2D eigenvalue weighted by atomic mass is 16.3. The van der Waals surface area contributed by atoms with Gasteiger partial charge < -0.3 is 15.3 Å². The summed E-state index contributed by atoms with van der Waals surface area (Å²) >= 11 is 0. The molecule has 3 heteroatoms. The van der Waals surface area contributed by atoms with Crippen molar-refractivity contribution in [1.82, 2.24) is 0 Å². The maximum atomic E-state index is 10.2. The van der Waals surface area contributed by atoms with E-state index in [1.807, 2.05) is 0 Å². The molecule has 166 valence electrons. The molecule has 0 aromatic heterocycles. The Bertz CT molecular complexity index is 743. The molecule has 0 aliphatic heterocycles. The van der Waals surface area contributed by atoms with Gasteiger partial charge in [0.25, 0.3) is 0 Å². The second kappa shape index (κ2) is 8.76. The summed E-state index contributed by atoms with van der Waals surface area (Å²) in [6, 6.07) is 0. The van der Waals surface area contributed by atoms with Gasteiger partial charge in [0.15, 0.2) is 0 Å². The first-order valence-electron chi connectivity index (χ1n) is 12.1. The van der Waals surface area contributed by atoms with Gasteiger partial charge in [-0.3, -0.25) is 0 Å². The number of hydrogen-bond donors (Lipinski definition) is 3. The van der Waals surface area contributed by atoms with Crippen LogP contribution < -0.4 is 0 Å². The molecule has 0 amide bonds. The van der Waals surface area contributed by atoms with E-state index in [4.69, 9.17) is 0 Å². The first-order chi connectivity index (χ1) is 14.3. The molecule has 0 aromatic rings. The second-order valence-corrected chi connectivity index (χ2v) is 10.7. The maximum absolute atomic E-state index is 10.2. The number of aliphatic hydroxyl groups is 3. The van der Waals surface area contributed by atoms with Crippen LogP contribution in [0.25, 0.3) is 0 Å². The van der Waals surface area contributed by atoms with Crippen molar-refractivity contribution in [3.05, 3.63) is 47.6 Å². The molecule has 3 N–H and O–H groups in total. The fourth-order valence-corrected chi connectivity index (χ4v) is 6.63. The van der Waals surface area contributed by atoms with Gasteiger partial charge in [0.1, 0.15) is 0 Å². The predicted octanol–water partition coefficient (Wildman–Crippen LogP) is 5.09. The molecule has 3 nitrogen and oxygen atoms in total. The molecule has 7 atom stereocenters. The zero-order valence-corrected chi connectivity index (χ0v) is 18.8. The summed E-state index contributed by atoms with van der Waals surface area (Å²) in [7, 11) is 0. The minimum absolute atomic E-state index is 0.250. The minimum atomic E-state index is -0.621. The SMILES string of the molecule is C=C1/C(=C\C=C2/CCC[C@@]3(C)[C@H]2CC[C@H]3[C@H](C)/C=C/[C@@H](O)C2CC2)C[C@@H](O)C[C@@H]1O. The number of fused-ring (bicyclic) bond motifs is 1. The van der Waals surface area contributed by atoms with Crippen LogP contribution >= 0.6 is 0 Å². The molecule has 0 spiro atoms. The van der Waals surface area contributed by atoms with Gasteiger partial charge in [-0.05, 0) is 91.6 Å². The Morgan fingerprint density at radius 1 is 1.10 bits per heavy atom. The lowest BCUT2D eigenvalue weighted by Crippen LogP contribution is -2.35. The molecule has 4 aliphatic carbocycles. The van der Waals surface area contributed by atoms with Crippen LogP contribution in [0, 0.1) is 29.1 Å². The van der Waals surface area contributed by atoms with Gasteiger partial charge in [0.2, 0.25) is 0 Å². The van der Waals surface area contributed by atoms with E-state index in [1.165, 1.54) is 44.1 Å². The maximum Gasteiger partial charge on any atom is 0.0811 e. The largest absolute Gasteiger partial charge is 0.393 e. The molecule has 0 aromatic carbocycles. The van der Waals surface area contributed by atoms with Crippen LogP contribution in [0.3, 0.4) is 0 Å². The lowest BCUT2D eigenvalue weighted by atomic mass is 9.61. The van der Waals surface area contributed by atoms with E-state index in [9.17, 15) is 15.3 Å². The third kappa shape index (κ3) is 4.40. The summed E-state index contributed by atoms with van der Waals surface area (Å²) in [5.74, 6) is 2.28. The van der Waals surface area contributed by atoms with E-state index in [0.717, 1.165) is 17.6 Å². The standard InChI is InChI=1S/C27H40O3/c1-17(6-13-25(29)20-8-9-20)23-11-12-24-19(5-4-14-27(23,24)3)7-10-21-15-22(28)16-26(30)18(21)2/h6-7,10,13,17,20,22-26,28-30H,2,4-5,8-9,11-12,14-16H2,1,3H3/b13-6+,19-7+,21-10-/t17-,22-,23+,24+,25-,26+,27-/m1/s1. The van der Waals surface area contributed by atoms with Gasteiger partial charge in [-0.15, -0.1) is 0 Å². The molecule has 0 saturated heterocycles. The molecule has 4 fully saturated rings. The Kier molecular flexibility index (Phi) is 6.44. The fraction of sp³-hybridized carbons (Fsp3) is 0.704. The van der Waals surface area contributed by atoms with Crippen LogP contribution in [0.15, 0.2) is 47.6 Å². The van der Waals surface area contributed by atoms with Crippen LogP contribution in [0.5, 0.6) is 0 Å². The van der Waals surface area contributed by atoms with E-state index >= 15 is 0 Å². The average Bonchev–Trinajstić information content (AvgIpc) is 3.49. The Hall–Kier alpha value is -1.16. The van der Waals surface area contributed by atoms with Gasteiger partial charge in [-0.25, -0.2) is 0 Å². The number of rotatable bonds is 5. The molecule has 4 saturated carbocycles. The third-order valence-corrected chi connectivity index (χ3v) is 8.65. The summed E-state index contributed by atoms with van der Waals surface area (Å²) in [6.45, 7) is 8.88. The second-order valence-electron chi connectivity index (χ2n) is 10.7. The zero-order valence-electron chi connectivity index (χ0n) is 18.8. The number of allylic oxidation sites excluding steroid dienone is 4. The summed E-state index contributed by atoms with van der Waals surface area (Å²) in [5.41, 5.74) is 3.63. The van der Waals surface area contributed by atoms with Crippen LogP contribution in [-0.4, -0.2) is 33.6 Å². The summed E-state index contributed by atoms with van der Waals surface area (Å²) in [4.78, 5) is 0. The normalized spacial score (nSPS) is 42.1. The Balaban J connectivity index is 1.48. The van der Waals surface area contributed by atoms with E-state index in [-0.39, 0.29) is 6.10 Å². The van der Waals surface area contributed by atoms with Crippen molar-refractivity contribution in [3.63, 3.8) is 0 Å². The highest BCUT2D eigenvalue weighted by Gasteiger charge is 2.50. The first kappa shape index (κ1) is 22.0. The van der Waals surface area contributed by atoms with E-state index in [0.29, 0.717) is 41.9 Å². The van der Waals surface area contributed by atoms with E-state index < -0.39 is 12.2 Å². The van der Waals surface area contributed by atoms with Gasteiger partial charge in [-0.1, -0.05) is 50.3 Å². The topological polar surface area (TPSA) is 60.7 Å². The molecule has 0 heterocycles. The van der Waals surface area contributed by atoms with Gasteiger partial charge in [-0.2, -0.15) is 0 Å². The smallest absolute Gasteiger partial charge is 0.0811 e. The van der Waals surface area contributed by atoms with Crippen LogP contribution in [-0.2, 0) is 0 Å². The lowest BCUT2D eigenvalue weighted by molar-refractivity contribution is 0.0862. The number of aliphatic hydroxyl groups excluding tert-OH is 3. The van der Waals surface area contributed by atoms with Crippen LogP contribution in [0.2, 0.25) is 0 Å². The monoisotopic (exact) mass is 412 g/mol. The highest BCUT2D eigenvalue weighted by Crippen LogP contribution is 2.59. The van der Waals surface area contributed by atoms with Crippen LogP contribution in [0.4, 0.5) is 0 Å². The average molecular weight is 413 g/mol. The summed E-state index contributed by atoms with van der Waals surface area (Å²) in [5, 5.41) is 30.4. The Morgan fingerprint density at radius 3 is 2.60 bits per heavy atom. The summed E-state index contributed by atoms with van der Waals surface area (Å²) in [6.07, 6.45) is 16.9. The quantitative estimate of drug-likeness (QED) is 0.551. The van der Waals surface area contributed by atoms with Crippen molar-refractivity contribution < 1.29 is 15.3 Å². The van der Waals surface area contributed by atoms with Gasteiger partial charge >= 0.3 is 0 Å². The highest BCUT2D eigenvalue weighted by molar-refractivity contribution is 5.38. The van der Waals surface area contributed by atoms with Crippen molar-refractivity contribution in [2.75, 3.05) is 0 Å². The van der Waals surface area contributed by atoms with Crippen LogP contribution in [0.1, 0.15) is 71.6 Å². The molecule has 0 radical (unpaired) electrons.